The van der Waals surface area contributed by atoms with Gasteiger partial charge in [0.25, 0.3) is 0 Å². The fourth-order valence-electron chi connectivity index (χ4n) is 1.83. The van der Waals surface area contributed by atoms with Crippen LogP contribution >= 0.6 is 0 Å². The average molecular weight is 345 g/mol. The maximum atomic E-state index is 11.9. The Morgan fingerprint density at radius 3 is 2.29 bits per heavy atom. The summed E-state index contributed by atoms with van der Waals surface area (Å²) in [5, 5.41) is 16.8. The van der Waals surface area contributed by atoms with Crippen LogP contribution in [0.4, 0.5) is 4.79 Å². The SMILES string of the molecule is CCOC(=O)C(C)NC(=O)C(C)NC(=O)NCCCC(C)(C)CO. The van der Waals surface area contributed by atoms with Gasteiger partial charge < -0.3 is 25.8 Å². The van der Waals surface area contributed by atoms with Crippen LogP contribution in [0.15, 0.2) is 0 Å². The van der Waals surface area contributed by atoms with Gasteiger partial charge in [0.2, 0.25) is 5.91 Å². The second-order valence-corrected chi connectivity index (χ2v) is 6.53. The summed E-state index contributed by atoms with van der Waals surface area (Å²) in [6, 6.07) is -2.01. The van der Waals surface area contributed by atoms with Gasteiger partial charge in [-0.1, -0.05) is 13.8 Å². The molecule has 0 spiro atoms. The Morgan fingerprint density at radius 2 is 1.75 bits per heavy atom. The van der Waals surface area contributed by atoms with Gasteiger partial charge in [-0.15, -0.1) is 0 Å². The number of esters is 1. The Balaban J connectivity index is 4.08. The standard InChI is InChI=1S/C16H31N3O5/c1-6-24-14(22)12(3)18-13(21)11(2)19-15(23)17-9-7-8-16(4,5)10-20/h11-12,20H,6-10H2,1-5H3,(H,18,21)(H2,17,19,23). The van der Waals surface area contributed by atoms with Crippen LogP contribution in [0.2, 0.25) is 0 Å². The molecule has 0 aromatic heterocycles. The van der Waals surface area contributed by atoms with Crippen molar-refractivity contribution in [1.82, 2.24) is 16.0 Å². The fraction of sp³-hybridized carbons (Fsp3) is 0.812. The first kappa shape index (κ1) is 22.2. The van der Waals surface area contributed by atoms with E-state index in [0.29, 0.717) is 6.54 Å². The van der Waals surface area contributed by atoms with Gasteiger partial charge in [0.05, 0.1) is 6.61 Å². The monoisotopic (exact) mass is 345 g/mol. The number of aliphatic hydroxyl groups is 1. The molecular formula is C16H31N3O5. The zero-order chi connectivity index (χ0) is 18.8. The number of carbonyl (C=O) groups excluding carboxylic acids is 3. The minimum absolute atomic E-state index is 0.0923. The Kier molecular flexibility index (Phi) is 10.0. The number of amides is 3. The van der Waals surface area contributed by atoms with Crippen molar-refractivity contribution in [2.45, 2.75) is 59.5 Å². The molecule has 2 atom stereocenters. The van der Waals surface area contributed by atoms with Gasteiger partial charge >= 0.3 is 12.0 Å². The van der Waals surface area contributed by atoms with E-state index in [1.165, 1.54) is 13.8 Å². The Labute approximate surface area is 143 Å². The molecule has 0 fully saturated rings. The van der Waals surface area contributed by atoms with Crippen LogP contribution < -0.4 is 16.0 Å². The first-order valence-electron chi connectivity index (χ1n) is 8.25. The third-order valence-corrected chi connectivity index (χ3v) is 3.48. The van der Waals surface area contributed by atoms with Crippen LogP contribution in [-0.4, -0.2) is 54.9 Å². The molecule has 2 unspecified atom stereocenters. The first-order valence-corrected chi connectivity index (χ1v) is 8.25. The normalized spacial score (nSPS) is 13.6. The molecule has 24 heavy (non-hydrogen) atoms. The van der Waals surface area contributed by atoms with E-state index in [1.807, 2.05) is 13.8 Å². The van der Waals surface area contributed by atoms with E-state index in [0.717, 1.165) is 12.8 Å². The molecule has 4 N–H and O–H groups in total. The number of urea groups is 1. The molecule has 8 nitrogen and oxygen atoms in total. The highest BCUT2D eigenvalue weighted by Crippen LogP contribution is 2.20. The summed E-state index contributed by atoms with van der Waals surface area (Å²) >= 11 is 0. The van der Waals surface area contributed by atoms with Crippen molar-refractivity contribution in [2.75, 3.05) is 19.8 Å². The van der Waals surface area contributed by atoms with Crippen LogP contribution in [0.1, 0.15) is 47.5 Å². The van der Waals surface area contributed by atoms with Gasteiger partial charge in [0, 0.05) is 13.2 Å². The predicted molar refractivity (Wildman–Crippen MR) is 90.3 cm³/mol. The molecule has 0 heterocycles. The molecule has 0 rings (SSSR count). The molecule has 8 heteroatoms. The third-order valence-electron chi connectivity index (χ3n) is 3.48. The number of hydrogen-bond donors (Lipinski definition) is 4. The lowest BCUT2D eigenvalue weighted by Gasteiger charge is -2.21. The van der Waals surface area contributed by atoms with Crippen LogP contribution in [0.25, 0.3) is 0 Å². The molecule has 140 valence electrons. The van der Waals surface area contributed by atoms with Crippen molar-refractivity contribution in [3.8, 4) is 0 Å². The molecular weight excluding hydrogens is 314 g/mol. The molecule has 0 aromatic carbocycles. The third kappa shape index (κ3) is 9.34. The number of hydrogen-bond acceptors (Lipinski definition) is 5. The lowest BCUT2D eigenvalue weighted by atomic mass is 9.89. The van der Waals surface area contributed by atoms with Crippen LogP contribution in [0.5, 0.6) is 0 Å². The van der Waals surface area contributed by atoms with Crippen LogP contribution in [0, 0.1) is 5.41 Å². The second kappa shape index (κ2) is 10.9. The van der Waals surface area contributed by atoms with E-state index in [4.69, 9.17) is 9.84 Å². The van der Waals surface area contributed by atoms with E-state index in [2.05, 4.69) is 16.0 Å². The topological polar surface area (TPSA) is 117 Å². The Bertz CT molecular complexity index is 426. The predicted octanol–water partition coefficient (Wildman–Crippen LogP) is 0.541. The molecule has 0 saturated carbocycles. The van der Waals surface area contributed by atoms with Crippen molar-refractivity contribution >= 4 is 17.9 Å². The molecule has 0 bridgehead atoms. The highest BCUT2D eigenvalue weighted by Gasteiger charge is 2.21. The summed E-state index contributed by atoms with van der Waals surface area (Å²) < 4.78 is 4.80. The largest absolute Gasteiger partial charge is 0.464 e. The minimum Gasteiger partial charge on any atom is -0.464 e. The average Bonchev–Trinajstić information content (AvgIpc) is 2.51. The molecule has 0 aromatic rings. The Hall–Kier alpha value is -1.83. The quantitative estimate of drug-likeness (QED) is 0.341. The van der Waals surface area contributed by atoms with E-state index in [1.54, 1.807) is 6.92 Å². The summed E-state index contributed by atoms with van der Waals surface area (Å²) in [5.41, 5.74) is -0.172. The molecule has 0 radical (unpaired) electrons. The van der Waals surface area contributed by atoms with E-state index in [-0.39, 0.29) is 18.6 Å². The number of rotatable bonds is 10. The number of ether oxygens (including phenoxy) is 1. The molecule has 0 saturated heterocycles. The number of aliphatic hydroxyl groups excluding tert-OH is 1. The van der Waals surface area contributed by atoms with Gasteiger partial charge in [-0.3, -0.25) is 4.79 Å². The maximum Gasteiger partial charge on any atom is 0.328 e. The summed E-state index contributed by atoms with van der Waals surface area (Å²) in [6.07, 6.45) is 1.50. The molecule has 3 amide bonds. The van der Waals surface area contributed by atoms with Crippen molar-refractivity contribution in [3.63, 3.8) is 0 Å². The van der Waals surface area contributed by atoms with Crippen molar-refractivity contribution in [1.29, 1.82) is 0 Å². The summed E-state index contributed by atoms with van der Waals surface area (Å²) in [7, 11) is 0. The van der Waals surface area contributed by atoms with Gasteiger partial charge in [0.15, 0.2) is 0 Å². The lowest BCUT2D eigenvalue weighted by molar-refractivity contribution is -0.147. The van der Waals surface area contributed by atoms with Gasteiger partial charge in [-0.25, -0.2) is 9.59 Å². The lowest BCUT2D eigenvalue weighted by Crippen LogP contribution is -2.51. The van der Waals surface area contributed by atoms with Gasteiger partial charge in [0.1, 0.15) is 12.1 Å². The van der Waals surface area contributed by atoms with Crippen molar-refractivity contribution in [3.05, 3.63) is 0 Å². The molecule has 0 aliphatic heterocycles. The highest BCUT2D eigenvalue weighted by molar-refractivity contribution is 5.89. The van der Waals surface area contributed by atoms with E-state index < -0.39 is 30.0 Å². The highest BCUT2D eigenvalue weighted by atomic mass is 16.5. The zero-order valence-electron chi connectivity index (χ0n) is 15.3. The van der Waals surface area contributed by atoms with Gasteiger partial charge in [-0.2, -0.15) is 0 Å². The molecule has 0 aliphatic carbocycles. The number of nitrogens with one attached hydrogen (secondary N) is 3. The van der Waals surface area contributed by atoms with Crippen LogP contribution in [-0.2, 0) is 14.3 Å². The Morgan fingerprint density at radius 1 is 1.12 bits per heavy atom. The smallest absolute Gasteiger partial charge is 0.328 e. The minimum atomic E-state index is -0.782. The van der Waals surface area contributed by atoms with Crippen LogP contribution in [0.3, 0.4) is 0 Å². The van der Waals surface area contributed by atoms with Crippen molar-refractivity contribution in [2.24, 2.45) is 5.41 Å². The second-order valence-electron chi connectivity index (χ2n) is 6.53. The number of carbonyl (C=O) groups is 3. The van der Waals surface area contributed by atoms with Gasteiger partial charge in [-0.05, 0) is 39.0 Å². The van der Waals surface area contributed by atoms with E-state index >= 15 is 0 Å². The first-order chi connectivity index (χ1) is 11.1. The maximum absolute atomic E-state index is 11.9. The van der Waals surface area contributed by atoms with E-state index in [9.17, 15) is 14.4 Å². The summed E-state index contributed by atoms with van der Waals surface area (Å²) in [6.45, 7) is 9.41. The zero-order valence-corrected chi connectivity index (χ0v) is 15.3. The van der Waals surface area contributed by atoms with Crippen molar-refractivity contribution < 1.29 is 24.2 Å². The summed E-state index contributed by atoms with van der Waals surface area (Å²) in [4.78, 5) is 35.1. The molecule has 0 aliphatic rings. The fourth-order valence-corrected chi connectivity index (χ4v) is 1.83. The summed E-state index contributed by atoms with van der Waals surface area (Å²) in [5.74, 6) is -0.985.